The molecule has 2 aromatic rings. The van der Waals surface area contributed by atoms with Crippen molar-refractivity contribution in [2.75, 3.05) is 5.32 Å². The smallest absolute Gasteiger partial charge is 0.257 e. The van der Waals surface area contributed by atoms with Crippen LogP contribution in [0.3, 0.4) is 0 Å². The van der Waals surface area contributed by atoms with Crippen LogP contribution >= 0.6 is 27.5 Å². The van der Waals surface area contributed by atoms with Gasteiger partial charge in [-0.2, -0.15) is 5.10 Å². The van der Waals surface area contributed by atoms with E-state index in [0.717, 1.165) is 0 Å². The van der Waals surface area contributed by atoms with Crippen LogP contribution in [0.1, 0.15) is 10.4 Å². The first-order valence-electron chi connectivity index (χ1n) is 4.82. The molecule has 1 heterocycles. The molecular weight excluding hydrogens is 305 g/mol. The third kappa shape index (κ3) is 2.68. The molecule has 0 radical (unpaired) electrons. The molecule has 0 aliphatic carbocycles. The predicted octanol–water partition coefficient (Wildman–Crippen LogP) is 3.09. The molecule has 17 heavy (non-hydrogen) atoms. The lowest BCUT2D eigenvalue weighted by atomic mass is 10.2. The fourth-order valence-electron chi connectivity index (χ4n) is 1.35. The number of amides is 1. The van der Waals surface area contributed by atoms with Crippen LogP contribution in [-0.2, 0) is 7.05 Å². The number of rotatable bonds is 2. The fraction of sp³-hybridized carbons (Fsp3) is 0.0909. The number of aromatic nitrogens is 2. The number of hydrogen-bond acceptors (Lipinski definition) is 2. The van der Waals surface area contributed by atoms with Gasteiger partial charge in [-0.15, -0.1) is 0 Å². The Morgan fingerprint density at radius 1 is 1.47 bits per heavy atom. The van der Waals surface area contributed by atoms with Crippen LogP contribution in [0.25, 0.3) is 0 Å². The fourth-order valence-corrected chi connectivity index (χ4v) is 2.22. The van der Waals surface area contributed by atoms with E-state index in [9.17, 15) is 4.79 Å². The minimum Gasteiger partial charge on any atom is -0.307 e. The van der Waals surface area contributed by atoms with E-state index in [-0.39, 0.29) is 5.91 Å². The summed E-state index contributed by atoms with van der Waals surface area (Å²) in [5, 5.41) is 7.30. The number of anilines is 1. The summed E-state index contributed by atoms with van der Waals surface area (Å²) in [5.74, 6) is 0.425. The molecule has 0 unspecified atom stereocenters. The monoisotopic (exact) mass is 313 g/mol. The van der Waals surface area contributed by atoms with Gasteiger partial charge >= 0.3 is 0 Å². The van der Waals surface area contributed by atoms with Gasteiger partial charge in [-0.05, 0) is 34.1 Å². The minimum absolute atomic E-state index is 0.211. The van der Waals surface area contributed by atoms with Crippen molar-refractivity contribution in [1.82, 2.24) is 9.78 Å². The topological polar surface area (TPSA) is 46.9 Å². The number of benzene rings is 1. The average molecular weight is 315 g/mol. The average Bonchev–Trinajstić information content (AvgIpc) is 2.64. The Bertz CT molecular complexity index is 568. The summed E-state index contributed by atoms with van der Waals surface area (Å²) in [7, 11) is 1.76. The Hall–Kier alpha value is -1.33. The quantitative estimate of drug-likeness (QED) is 0.926. The van der Waals surface area contributed by atoms with Gasteiger partial charge in [0.1, 0.15) is 5.82 Å². The molecule has 1 N–H and O–H groups in total. The maximum absolute atomic E-state index is 12.0. The van der Waals surface area contributed by atoms with E-state index in [1.807, 2.05) is 0 Å². The minimum atomic E-state index is -0.211. The van der Waals surface area contributed by atoms with E-state index < -0.39 is 0 Å². The Balaban J connectivity index is 2.23. The van der Waals surface area contributed by atoms with Gasteiger partial charge in [0.15, 0.2) is 0 Å². The first-order valence-corrected chi connectivity index (χ1v) is 5.99. The SMILES string of the molecule is Cn1nccc1NC(=O)c1ccc(Cl)cc1Br. The van der Waals surface area contributed by atoms with Crippen molar-refractivity contribution in [1.29, 1.82) is 0 Å². The van der Waals surface area contributed by atoms with Gasteiger partial charge in [0.05, 0.1) is 11.8 Å². The molecule has 0 atom stereocenters. The molecule has 0 spiro atoms. The molecule has 0 bridgehead atoms. The number of carbonyl (C=O) groups excluding carboxylic acids is 1. The lowest BCUT2D eigenvalue weighted by Crippen LogP contribution is -2.15. The summed E-state index contributed by atoms with van der Waals surface area (Å²) < 4.78 is 2.24. The predicted molar refractivity (Wildman–Crippen MR) is 70.3 cm³/mol. The summed E-state index contributed by atoms with van der Waals surface area (Å²) in [6.07, 6.45) is 1.62. The van der Waals surface area contributed by atoms with Crippen molar-refractivity contribution in [3.05, 3.63) is 45.5 Å². The van der Waals surface area contributed by atoms with Crippen LogP contribution in [0.4, 0.5) is 5.82 Å². The van der Waals surface area contributed by atoms with Gasteiger partial charge in [0.25, 0.3) is 5.91 Å². The lowest BCUT2D eigenvalue weighted by molar-refractivity contribution is 0.102. The van der Waals surface area contributed by atoms with E-state index in [0.29, 0.717) is 20.9 Å². The van der Waals surface area contributed by atoms with Gasteiger partial charge in [0.2, 0.25) is 0 Å². The van der Waals surface area contributed by atoms with Crippen LogP contribution in [0.5, 0.6) is 0 Å². The highest BCUT2D eigenvalue weighted by Gasteiger charge is 2.11. The third-order valence-corrected chi connectivity index (χ3v) is 3.13. The second-order valence-electron chi connectivity index (χ2n) is 3.42. The molecule has 0 fully saturated rings. The van der Waals surface area contributed by atoms with Crippen molar-refractivity contribution in [3.63, 3.8) is 0 Å². The van der Waals surface area contributed by atoms with Crippen LogP contribution in [0.2, 0.25) is 5.02 Å². The van der Waals surface area contributed by atoms with Crippen LogP contribution in [-0.4, -0.2) is 15.7 Å². The number of aryl methyl sites for hydroxylation is 1. The molecule has 1 amide bonds. The van der Waals surface area contributed by atoms with E-state index in [2.05, 4.69) is 26.3 Å². The largest absolute Gasteiger partial charge is 0.307 e. The van der Waals surface area contributed by atoms with Crippen molar-refractivity contribution < 1.29 is 4.79 Å². The van der Waals surface area contributed by atoms with Crippen molar-refractivity contribution in [2.45, 2.75) is 0 Å². The zero-order valence-electron chi connectivity index (χ0n) is 8.95. The zero-order valence-corrected chi connectivity index (χ0v) is 11.3. The second kappa shape index (κ2) is 4.89. The third-order valence-electron chi connectivity index (χ3n) is 2.24. The highest BCUT2D eigenvalue weighted by Crippen LogP contribution is 2.22. The highest BCUT2D eigenvalue weighted by atomic mass is 79.9. The molecule has 1 aromatic carbocycles. The molecule has 1 aromatic heterocycles. The van der Waals surface area contributed by atoms with Crippen LogP contribution in [0, 0.1) is 0 Å². The highest BCUT2D eigenvalue weighted by molar-refractivity contribution is 9.10. The normalized spacial score (nSPS) is 10.3. The molecule has 88 valence electrons. The first-order chi connectivity index (χ1) is 8.08. The summed E-state index contributed by atoms with van der Waals surface area (Å²) >= 11 is 9.12. The van der Waals surface area contributed by atoms with Gasteiger partial charge in [-0.1, -0.05) is 11.6 Å². The molecule has 0 aliphatic heterocycles. The van der Waals surface area contributed by atoms with Gasteiger partial charge < -0.3 is 5.32 Å². The van der Waals surface area contributed by atoms with Gasteiger partial charge in [-0.3, -0.25) is 9.48 Å². The summed E-state index contributed by atoms with van der Waals surface area (Å²) in [6, 6.07) is 6.74. The van der Waals surface area contributed by atoms with Crippen LogP contribution in [0.15, 0.2) is 34.9 Å². The summed E-state index contributed by atoms with van der Waals surface area (Å²) in [4.78, 5) is 12.0. The van der Waals surface area contributed by atoms with E-state index in [1.54, 1.807) is 42.2 Å². The molecule has 0 saturated heterocycles. The van der Waals surface area contributed by atoms with Crippen molar-refractivity contribution in [3.8, 4) is 0 Å². The van der Waals surface area contributed by atoms with E-state index in [1.165, 1.54) is 0 Å². The molecule has 2 rings (SSSR count). The number of nitrogens with zero attached hydrogens (tertiary/aromatic N) is 2. The Kier molecular flexibility index (Phi) is 3.49. The van der Waals surface area contributed by atoms with Gasteiger partial charge in [-0.25, -0.2) is 0 Å². The zero-order chi connectivity index (χ0) is 12.4. The number of halogens is 2. The molecule has 0 saturated carbocycles. The molecule has 0 aliphatic rings. The number of nitrogens with one attached hydrogen (secondary N) is 1. The molecular formula is C11H9BrClN3O. The van der Waals surface area contributed by atoms with Gasteiger partial charge in [0, 0.05) is 22.6 Å². The standard InChI is InChI=1S/C11H9BrClN3O/c1-16-10(4-5-14-16)15-11(17)8-3-2-7(13)6-9(8)12/h2-6H,1H3,(H,15,17). The van der Waals surface area contributed by atoms with Crippen molar-refractivity contribution >= 4 is 39.3 Å². The maximum atomic E-state index is 12.0. The van der Waals surface area contributed by atoms with Crippen molar-refractivity contribution in [2.24, 2.45) is 7.05 Å². The Labute approximate surface area is 112 Å². The molecule has 4 nitrogen and oxygen atoms in total. The van der Waals surface area contributed by atoms with E-state index >= 15 is 0 Å². The van der Waals surface area contributed by atoms with Crippen LogP contribution < -0.4 is 5.32 Å². The first kappa shape index (κ1) is 12.1. The Morgan fingerprint density at radius 2 is 2.24 bits per heavy atom. The number of carbonyl (C=O) groups is 1. The summed E-state index contributed by atoms with van der Waals surface area (Å²) in [5.41, 5.74) is 0.524. The lowest BCUT2D eigenvalue weighted by Gasteiger charge is -2.07. The molecule has 6 heteroatoms. The Morgan fingerprint density at radius 3 is 2.82 bits per heavy atom. The number of hydrogen-bond donors (Lipinski definition) is 1. The second-order valence-corrected chi connectivity index (χ2v) is 4.71. The summed E-state index contributed by atoms with van der Waals surface area (Å²) in [6.45, 7) is 0. The maximum Gasteiger partial charge on any atom is 0.257 e. The van der Waals surface area contributed by atoms with E-state index in [4.69, 9.17) is 11.6 Å².